The first-order valence-corrected chi connectivity index (χ1v) is 8.99. The zero-order chi connectivity index (χ0) is 20.3. The smallest absolute Gasteiger partial charge is 0.418 e. The number of fused-ring (bicyclic) bond motifs is 1. The van der Waals surface area contributed by atoms with Gasteiger partial charge in [-0.25, -0.2) is 0 Å². The summed E-state index contributed by atoms with van der Waals surface area (Å²) in [5.74, 6) is -0.171. The normalized spacial score (nSPS) is 12.6. The zero-order valence-electron chi connectivity index (χ0n) is 14.9. The Bertz CT molecular complexity index is 999. The molecule has 146 valence electrons. The van der Waals surface area contributed by atoms with Crippen LogP contribution in [0.4, 0.5) is 18.9 Å². The van der Waals surface area contributed by atoms with Gasteiger partial charge in [0.2, 0.25) is 0 Å². The number of carbonyl (C=O) groups excluding carboxylic acids is 1. The van der Waals surface area contributed by atoms with Gasteiger partial charge in [0, 0.05) is 10.4 Å². The van der Waals surface area contributed by atoms with Crippen LogP contribution >= 0.6 is 11.6 Å². The van der Waals surface area contributed by atoms with Gasteiger partial charge in [0.15, 0.2) is 6.10 Å². The summed E-state index contributed by atoms with van der Waals surface area (Å²) in [6.07, 6.45) is -5.32. The summed E-state index contributed by atoms with van der Waals surface area (Å²) >= 11 is 5.67. The molecule has 28 heavy (non-hydrogen) atoms. The molecule has 3 nitrogen and oxygen atoms in total. The maximum atomic E-state index is 13.2. The number of benzene rings is 3. The maximum Gasteiger partial charge on any atom is 0.418 e. The van der Waals surface area contributed by atoms with E-state index in [1.807, 2.05) is 30.3 Å². The van der Waals surface area contributed by atoms with Gasteiger partial charge in [-0.1, -0.05) is 54.9 Å². The number of ether oxygens (including phenoxy) is 1. The van der Waals surface area contributed by atoms with Gasteiger partial charge >= 0.3 is 6.18 Å². The molecule has 0 aliphatic carbocycles. The molecule has 0 radical (unpaired) electrons. The van der Waals surface area contributed by atoms with Gasteiger partial charge in [-0.15, -0.1) is 0 Å². The number of carbonyl (C=O) groups is 1. The van der Waals surface area contributed by atoms with Crippen molar-refractivity contribution in [2.75, 3.05) is 5.32 Å². The van der Waals surface area contributed by atoms with Gasteiger partial charge < -0.3 is 10.1 Å². The van der Waals surface area contributed by atoms with Crippen LogP contribution in [0, 0.1) is 0 Å². The molecule has 3 rings (SSSR count). The standard InChI is InChI=1S/C21H17ClF3NO2/c1-2-18(28-19-9-5-7-13-6-3-4-8-15(13)19)20(27)26-17-11-10-14(22)12-16(17)21(23,24)25/h3-12,18H,2H2,1H3,(H,26,27)/t18-/m1/s1. The summed E-state index contributed by atoms with van der Waals surface area (Å²) in [5, 5.41) is 4.01. The van der Waals surface area contributed by atoms with E-state index in [9.17, 15) is 18.0 Å². The molecule has 0 saturated carbocycles. The third-order valence-corrected chi connectivity index (χ3v) is 4.46. The highest BCUT2D eigenvalue weighted by Crippen LogP contribution is 2.36. The lowest BCUT2D eigenvalue weighted by Gasteiger charge is -2.20. The summed E-state index contributed by atoms with van der Waals surface area (Å²) in [5.41, 5.74) is -1.37. The van der Waals surface area contributed by atoms with E-state index < -0.39 is 23.8 Å². The Morgan fingerprint density at radius 3 is 2.54 bits per heavy atom. The molecule has 1 atom stereocenters. The Hall–Kier alpha value is -2.73. The van der Waals surface area contributed by atoms with Crippen molar-refractivity contribution in [3.8, 4) is 5.75 Å². The van der Waals surface area contributed by atoms with Crippen LogP contribution in [0.25, 0.3) is 10.8 Å². The number of rotatable bonds is 5. The van der Waals surface area contributed by atoms with Crippen molar-refractivity contribution >= 4 is 34.0 Å². The van der Waals surface area contributed by atoms with Gasteiger partial charge in [0.1, 0.15) is 5.75 Å². The predicted octanol–water partition coefficient (Wildman–Crippen LogP) is 6.31. The van der Waals surface area contributed by atoms with Crippen LogP contribution in [0.15, 0.2) is 60.7 Å². The second-order valence-electron chi connectivity index (χ2n) is 6.17. The quantitative estimate of drug-likeness (QED) is 0.538. The fourth-order valence-electron chi connectivity index (χ4n) is 2.85. The highest BCUT2D eigenvalue weighted by molar-refractivity contribution is 6.30. The molecule has 0 unspecified atom stereocenters. The SMILES string of the molecule is CC[C@@H](Oc1cccc2ccccc12)C(=O)Nc1ccc(Cl)cc1C(F)(F)F. The highest BCUT2D eigenvalue weighted by atomic mass is 35.5. The Morgan fingerprint density at radius 1 is 1.11 bits per heavy atom. The number of halogens is 4. The average Bonchev–Trinajstić information content (AvgIpc) is 2.66. The summed E-state index contributed by atoms with van der Waals surface area (Å²) in [6.45, 7) is 1.72. The average molecular weight is 408 g/mol. The molecule has 1 amide bonds. The molecule has 7 heteroatoms. The number of anilines is 1. The molecule has 0 saturated heterocycles. The van der Waals surface area contributed by atoms with E-state index in [4.69, 9.17) is 16.3 Å². The molecule has 0 bridgehead atoms. The van der Waals surface area contributed by atoms with Crippen molar-refractivity contribution in [1.29, 1.82) is 0 Å². The van der Waals surface area contributed by atoms with Gasteiger partial charge in [0.25, 0.3) is 5.91 Å². The predicted molar refractivity (Wildman–Crippen MR) is 104 cm³/mol. The molecule has 0 aromatic heterocycles. The van der Waals surface area contributed by atoms with Crippen LogP contribution in [-0.4, -0.2) is 12.0 Å². The second kappa shape index (κ2) is 8.10. The van der Waals surface area contributed by atoms with E-state index >= 15 is 0 Å². The largest absolute Gasteiger partial charge is 0.480 e. The Balaban J connectivity index is 1.85. The van der Waals surface area contributed by atoms with Crippen LogP contribution in [0.5, 0.6) is 5.75 Å². The Kier molecular flexibility index (Phi) is 5.79. The summed E-state index contributed by atoms with van der Waals surface area (Å²) in [4.78, 5) is 12.6. The molecule has 0 aliphatic heterocycles. The number of alkyl halides is 3. The molecule has 3 aromatic carbocycles. The molecule has 0 spiro atoms. The third kappa shape index (κ3) is 4.39. The highest BCUT2D eigenvalue weighted by Gasteiger charge is 2.34. The lowest BCUT2D eigenvalue weighted by molar-refractivity contribution is -0.137. The number of nitrogens with one attached hydrogen (secondary N) is 1. The van der Waals surface area contributed by atoms with E-state index in [1.165, 1.54) is 6.07 Å². The number of hydrogen-bond donors (Lipinski definition) is 1. The van der Waals surface area contributed by atoms with E-state index in [0.717, 1.165) is 22.9 Å². The first-order chi connectivity index (χ1) is 13.3. The second-order valence-corrected chi connectivity index (χ2v) is 6.61. The lowest BCUT2D eigenvalue weighted by Crippen LogP contribution is -2.33. The summed E-state index contributed by atoms with van der Waals surface area (Å²) in [6, 6.07) is 16.1. The molecular formula is C21H17ClF3NO2. The summed E-state index contributed by atoms with van der Waals surface area (Å²) < 4.78 is 45.6. The van der Waals surface area contributed by atoms with E-state index in [0.29, 0.717) is 5.75 Å². The Labute approximate surface area is 165 Å². The molecule has 0 aliphatic rings. The van der Waals surface area contributed by atoms with Gasteiger partial charge in [-0.2, -0.15) is 13.2 Å². The van der Waals surface area contributed by atoms with Crippen LogP contribution in [0.1, 0.15) is 18.9 Å². The van der Waals surface area contributed by atoms with Gasteiger partial charge in [-0.3, -0.25) is 4.79 Å². The fraction of sp³-hybridized carbons (Fsp3) is 0.190. The van der Waals surface area contributed by atoms with Crippen molar-refractivity contribution in [1.82, 2.24) is 0 Å². The van der Waals surface area contributed by atoms with Crippen molar-refractivity contribution in [2.24, 2.45) is 0 Å². The van der Waals surface area contributed by atoms with Crippen molar-refractivity contribution < 1.29 is 22.7 Å². The summed E-state index contributed by atoms with van der Waals surface area (Å²) in [7, 11) is 0. The van der Waals surface area contributed by atoms with E-state index in [2.05, 4.69) is 5.32 Å². The van der Waals surface area contributed by atoms with Crippen LogP contribution in [0.3, 0.4) is 0 Å². The van der Waals surface area contributed by atoms with Crippen molar-refractivity contribution in [3.05, 3.63) is 71.2 Å². The van der Waals surface area contributed by atoms with Crippen molar-refractivity contribution in [3.63, 3.8) is 0 Å². The Morgan fingerprint density at radius 2 is 1.82 bits per heavy atom. The maximum absolute atomic E-state index is 13.2. The van der Waals surface area contributed by atoms with Crippen LogP contribution < -0.4 is 10.1 Å². The first kappa shape index (κ1) is 20.0. The molecule has 0 heterocycles. The monoisotopic (exact) mass is 407 g/mol. The van der Waals surface area contributed by atoms with E-state index in [1.54, 1.807) is 19.1 Å². The zero-order valence-corrected chi connectivity index (χ0v) is 15.6. The lowest BCUT2D eigenvalue weighted by atomic mass is 10.1. The molecule has 3 aromatic rings. The minimum absolute atomic E-state index is 0.0654. The molecule has 0 fully saturated rings. The minimum atomic E-state index is -4.65. The van der Waals surface area contributed by atoms with Crippen LogP contribution in [0.2, 0.25) is 5.02 Å². The molecule has 1 N–H and O–H groups in total. The third-order valence-electron chi connectivity index (χ3n) is 4.23. The minimum Gasteiger partial charge on any atom is -0.480 e. The van der Waals surface area contributed by atoms with Gasteiger partial charge in [-0.05, 0) is 36.1 Å². The van der Waals surface area contributed by atoms with Gasteiger partial charge in [0.05, 0.1) is 11.3 Å². The molecular weight excluding hydrogens is 391 g/mol. The van der Waals surface area contributed by atoms with Crippen molar-refractivity contribution in [2.45, 2.75) is 25.6 Å². The fourth-order valence-corrected chi connectivity index (χ4v) is 3.02. The van der Waals surface area contributed by atoms with Crippen LogP contribution in [-0.2, 0) is 11.0 Å². The number of amides is 1. The topological polar surface area (TPSA) is 38.3 Å². The van der Waals surface area contributed by atoms with E-state index in [-0.39, 0.29) is 17.1 Å². The first-order valence-electron chi connectivity index (χ1n) is 8.61. The number of hydrogen-bond acceptors (Lipinski definition) is 2.